The van der Waals surface area contributed by atoms with Gasteiger partial charge >= 0.3 is 0 Å². The Morgan fingerprint density at radius 1 is 1.25 bits per heavy atom. The highest BCUT2D eigenvalue weighted by atomic mass is 14.7. The summed E-state index contributed by atoms with van der Waals surface area (Å²) in [6, 6.07) is 3.97. The van der Waals surface area contributed by atoms with E-state index < -0.39 is 0 Å². The van der Waals surface area contributed by atoms with Crippen LogP contribution in [0.3, 0.4) is 0 Å². The van der Waals surface area contributed by atoms with Crippen LogP contribution in [0.15, 0.2) is 30.5 Å². The molecule has 0 aliphatic heterocycles. The average molecular weight is 158 g/mol. The average Bonchev–Trinajstić information content (AvgIpc) is 2.29. The Morgan fingerprint density at radius 3 is 3.00 bits per heavy atom. The molecule has 1 heterocycles. The van der Waals surface area contributed by atoms with Gasteiger partial charge in [0.25, 0.3) is 0 Å². The first-order valence-corrected chi connectivity index (χ1v) is 3.93. The molecule has 1 aliphatic rings. The smallest absolute Gasteiger partial charge is 0.0699 e. The van der Waals surface area contributed by atoms with Crippen molar-refractivity contribution < 1.29 is 0 Å². The van der Waals surface area contributed by atoms with E-state index in [1.807, 2.05) is 36.4 Å². The van der Waals surface area contributed by atoms with Gasteiger partial charge in [-0.3, -0.25) is 4.98 Å². The fourth-order valence-electron chi connectivity index (χ4n) is 1.19. The van der Waals surface area contributed by atoms with E-state index in [9.17, 15) is 0 Å². The first-order chi connectivity index (χ1) is 5.86. The number of pyridine rings is 1. The molecule has 1 aromatic heterocycles. The fourth-order valence-corrected chi connectivity index (χ4v) is 1.19. The third-order valence-corrected chi connectivity index (χ3v) is 1.85. The largest absolute Gasteiger partial charge is 0.321 e. The van der Waals surface area contributed by atoms with Crippen LogP contribution in [0.2, 0.25) is 0 Å². The second-order valence-corrected chi connectivity index (χ2v) is 2.77. The molecular formula is C10H10N2. The van der Waals surface area contributed by atoms with Crippen molar-refractivity contribution >= 4 is 12.2 Å². The fraction of sp³-hybridized carbons (Fsp3) is 0.100. The van der Waals surface area contributed by atoms with Gasteiger partial charge in [0.2, 0.25) is 0 Å². The van der Waals surface area contributed by atoms with Crippen LogP contribution in [-0.4, -0.2) is 11.0 Å². The zero-order chi connectivity index (χ0) is 8.39. The Bertz CT molecular complexity index is 306. The summed E-state index contributed by atoms with van der Waals surface area (Å²) in [6.45, 7) is 0. The van der Waals surface area contributed by atoms with E-state index in [1.54, 1.807) is 6.20 Å². The lowest BCUT2D eigenvalue weighted by molar-refractivity contribution is 1.04. The molecule has 2 heteroatoms. The van der Waals surface area contributed by atoms with Crippen LogP contribution in [0.25, 0.3) is 12.2 Å². The molecule has 0 spiro atoms. The summed E-state index contributed by atoms with van der Waals surface area (Å²) >= 11 is 0. The molecule has 2 N–H and O–H groups in total. The topological polar surface area (TPSA) is 38.9 Å². The molecule has 0 saturated heterocycles. The Hall–Kier alpha value is -1.41. The maximum Gasteiger partial charge on any atom is 0.0699 e. The van der Waals surface area contributed by atoms with Crippen LogP contribution in [0.5, 0.6) is 0 Å². The molecule has 12 heavy (non-hydrogen) atoms. The molecule has 1 atom stereocenters. The van der Waals surface area contributed by atoms with Gasteiger partial charge in [-0.05, 0) is 17.7 Å². The number of rotatable bonds is 0. The second kappa shape index (κ2) is 2.91. The highest BCUT2D eigenvalue weighted by Gasteiger charge is 2.01. The Morgan fingerprint density at radius 2 is 2.08 bits per heavy atom. The first-order valence-electron chi connectivity index (χ1n) is 3.93. The highest BCUT2D eigenvalue weighted by Crippen LogP contribution is 2.13. The van der Waals surface area contributed by atoms with Crippen molar-refractivity contribution in [3.63, 3.8) is 0 Å². The molecular weight excluding hydrogens is 148 g/mol. The molecule has 0 saturated carbocycles. The summed E-state index contributed by atoms with van der Waals surface area (Å²) in [4.78, 5) is 4.22. The third kappa shape index (κ3) is 1.29. The van der Waals surface area contributed by atoms with E-state index >= 15 is 0 Å². The number of hydrogen-bond acceptors (Lipinski definition) is 2. The normalized spacial score (nSPS) is 20.2. The van der Waals surface area contributed by atoms with E-state index in [-0.39, 0.29) is 6.04 Å². The Balaban J connectivity index is 2.52. The van der Waals surface area contributed by atoms with Crippen molar-refractivity contribution in [3.05, 3.63) is 41.7 Å². The molecule has 0 aromatic carbocycles. The van der Waals surface area contributed by atoms with E-state index in [1.165, 1.54) is 0 Å². The van der Waals surface area contributed by atoms with Crippen molar-refractivity contribution in [2.75, 3.05) is 0 Å². The molecule has 2 nitrogen and oxygen atoms in total. The SMILES string of the molecule is NC1C=Cc2cccnc2C=C1. The maximum absolute atomic E-state index is 5.71. The van der Waals surface area contributed by atoms with Gasteiger partial charge in [0.1, 0.15) is 0 Å². The van der Waals surface area contributed by atoms with E-state index in [0.29, 0.717) is 0 Å². The van der Waals surface area contributed by atoms with Crippen molar-refractivity contribution in [3.8, 4) is 0 Å². The van der Waals surface area contributed by atoms with E-state index in [4.69, 9.17) is 5.73 Å². The monoisotopic (exact) mass is 158 g/mol. The number of nitrogens with two attached hydrogens (primary N) is 1. The van der Waals surface area contributed by atoms with Crippen LogP contribution in [-0.2, 0) is 0 Å². The second-order valence-electron chi connectivity index (χ2n) is 2.77. The zero-order valence-electron chi connectivity index (χ0n) is 6.64. The summed E-state index contributed by atoms with van der Waals surface area (Å²) in [6.07, 6.45) is 9.65. The molecule has 1 unspecified atom stereocenters. The summed E-state index contributed by atoms with van der Waals surface area (Å²) < 4.78 is 0. The molecule has 1 aliphatic carbocycles. The minimum atomic E-state index is 0.0131. The predicted octanol–water partition coefficient (Wildman–Crippen LogP) is 1.45. The maximum atomic E-state index is 5.71. The summed E-state index contributed by atoms with van der Waals surface area (Å²) in [5, 5.41) is 0. The van der Waals surface area contributed by atoms with Gasteiger partial charge in [0, 0.05) is 12.2 Å². The van der Waals surface area contributed by atoms with Crippen molar-refractivity contribution in [2.24, 2.45) is 5.73 Å². The van der Waals surface area contributed by atoms with Gasteiger partial charge < -0.3 is 5.73 Å². The van der Waals surface area contributed by atoms with Crippen molar-refractivity contribution in [1.82, 2.24) is 4.98 Å². The van der Waals surface area contributed by atoms with Gasteiger partial charge in [-0.1, -0.05) is 24.3 Å². The van der Waals surface area contributed by atoms with Crippen LogP contribution in [0.4, 0.5) is 0 Å². The standard InChI is InChI=1S/C10H10N2/c11-9-4-3-8-2-1-7-12-10(8)6-5-9/h1-7,9H,11H2. The lowest BCUT2D eigenvalue weighted by Crippen LogP contribution is -2.11. The number of nitrogens with zero attached hydrogens (tertiary/aromatic N) is 1. The first kappa shape index (κ1) is 7.25. The summed E-state index contributed by atoms with van der Waals surface area (Å²) in [7, 11) is 0. The molecule has 1 aromatic rings. The Labute approximate surface area is 71.4 Å². The van der Waals surface area contributed by atoms with Crippen molar-refractivity contribution in [2.45, 2.75) is 6.04 Å². The van der Waals surface area contributed by atoms with Crippen molar-refractivity contribution in [1.29, 1.82) is 0 Å². The third-order valence-electron chi connectivity index (χ3n) is 1.85. The summed E-state index contributed by atoms with van der Waals surface area (Å²) in [5.74, 6) is 0. The lowest BCUT2D eigenvalue weighted by atomic mass is 10.2. The molecule has 2 rings (SSSR count). The minimum Gasteiger partial charge on any atom is -0.321 e. The van der Waals surface area contributed by atoms with Crippen LogP contribution < -0.4 is 5.73 Å². The Kier molecular flexibility index (Phi) is 1.76. The predicted molar refractivity (Wildman–Crippen MR) is 50.3 cm³/mol. The molecule has 0 bridgehead atoms. The highest BCUT2D eigenvalue weighted by molar-refractivity contribution is 5.65. The van der Waals surface area contributed by atoms with Gasteiger partial charge in [-0.2, -0.15) is 0 Å². The number of hydrogen-bond donors (Lipinski definition) is 1. The molecule has 0 amide bonds. The van der Waals surface area contributed by atoms with Gasteiger partial charge in [0.15, 0.2) is 0 Å². The molecule has 0 fully saturated rings. The van der Waals surface area contributed by atoms with E-state index in [2.05, 4.69) is 4.98 Å². The number of aromatic nitrogens is 1. The van der Waals surface area contributed by atoms with Crippen LogP contribution in [0.1, 0.15) is 11.3 Å². The minimum absolute atomic E-state index is 0.0131. The summed E-state index contributed by atoms with van der Waals surface area (Å²) in [5.41, 5.74) is 7.83. The number of fused-ring (bicyclic) bond motifs is 1. The van der Waals surface area contributed by atoms with Gasteiger partial charge in [-0.25, -0.2) is 0 Å². The van der Waals surface area contributed by atoms with Gasteiger partial charge in [-0.15, -0.1) is 0 Å². The van der Waals surface area contributed by atoms with Crippen LogP contribution >= 0.6 is 0 Å². The lowest BCUT2D eigenvalue weighted by Gasteiger charge is -1.95. The zero-order valence-corrected chi connectivity index (χ0v) is 6.64. The molecule has 0 radical (unpaired) electrons. The van der Waals surface area contributed by atoms with Gasteiger partial charge in [0.05, 0.1) is 5.69 Å². The quantitative estimate of drug-likeness (QED) is 0.620. The molecule has 60 valence electrons. The van der Waals surface area contributed by atoms with E-state index in [0.717, 1.165) is 11.3 Å². The van der Waals surface area contributed by atoms with Crippen LogP contribution in [0, 0.1) is 0 Å².